The van der Waals surface area contributed by atoms with Crippen LogP contribution in [0, 0.1) is 0 Å². The zero-order valence-electron chi connectivity index (χ0n) is 9.39. The van der Waals surface area contributed by atoms with Crippen LogP contribution in [0.1, 0.15) is 18.9 Å². The van der Waals surface area contributed by atoms with Crippen molar-refractivity contribution in [1.29, 1.82) is 0 Å². The van der Waals surface area contributed by atoms with Gasteiger partial charge in [0.05, 0.1) is 6.61 Å². The molecule has 1 heterocycles. The van der Waals surface area contributed by atoms with Crippen molar-refractivity contribution in [2.24, 2.45) is 5.73 Å². The molecule has 0 unspecified atom stereocenters. The summed E-state index contributed by atoms with van der Waals surface area (Å²) in [5, 5.41) is 8.98. The van der Waals surface area contributed by atoms with E-state index in [1.165, 1.54) is 0 Å². The second-order valence-electron chi connectivity index (χ2n) is 3.48. The van der Waals surface area contributed by atoms with Crippen LogP contribution >= 0.6 is 12.2 Å². The number of hydrogen-bond donors (Lipinski definition) is 2. The number of aromatic nitrogens is 1. The van der Waals surface area contributed by atoms with Crippen LogP contribution < -0.4 is 10.6 Å². The molecule has 16 heavy (non-hydrogen) atoms. The molecule has 3 N–H and O–H groups in total. The van der Waals surface area contributed by atoms with Gasteiger partial charge in [-0.2, -0.15) is 0 Å². The summed E-state index contributed by atoms with van der Waals surface area (Å²) in [5.41, 5.74) is 6.37. The maximum atomic E-state index is 8.98. The number of nitrogens with zero attached hydrogens (tertiary/aromatic N) is 2. The summed E-state index contributed by atoms with van der Waals surface area (Å²) >= 11 is 4.92. The number of hydrogen-bond acceptors (Lipinski definition) is 4. The van der Waals surface area contributed by atoms with Crippen LogP contribution in [0.2, 0.25) is 0 Å². The highest BCUT2D eigenvalue weighted by molar-refractivity contribution is 7.80. The highest BCUT2D eigenvalue weighted by Gasteiger charge is 2.07. The van der Waals surface area contributed by atoms with E-state index in [4.69, 9.17) is 23.1 Å². The van der Waals surface area contributed by atoms with Crippen molar-refractivity contribution in [3.63, 3.8) is 0 Å². The first-order valence-electron chi connectivity index (χ1n) is 5.30. The number of aliphatic hydroxyl groups excluding tert-OH is 1. The number of anilines is 1. The van der Waals surface area contributed by atoms with Gasteiger partial charge in [0.15, 0.2) is 0 Å². The monoisotopic (exact) mass is 239 g/mol. The Labute approximate surface area is 101 Å². The fraction of sp³-hybridized carbons (Fsp3) is 0.455. The molecule has 0 spiro atoms. The largest absolute Gasteiger partial charge is 0.395 e. The lowest BCUT2D eigenvalue weighted by molar-refractivity contribution is 0.301. The summed E-state index contributed by atoms with van der Waals surface area (Å²) in [7, 11) is 0. The average Bonchev–Trinajstić information content (AvgIpc) is 2.29. The van der Waals surface area contributed by atoms with Crippen LogP contribution in [0.25, 0.3) is 0 Å². The molecule has 1 rings (SSSR count). The Morgan fingerprint density at radius 2 is 2.31 bits per heavy atom. The van der Waals surface area contributed by atoms with Crippen LogP contribution in [0.5, 0.6) is 0 Å². The minimum atomic E-state index is 0.110. The second-order valence-corrected chi connectivity index (χ2v) is 3.92. The second kappa shape index (κ2) is 6.40. The zero-order chi connectivity index (χ0) is 12.0. The molecule has 0 atom stereocenters. The molecule has 1 aromatic rings. The molecule has 0 saturated heterocycles. The molecule has 0 aliphatic carbocycles. The molecule has 0 aliphatic rings. The van der Waals surface area contributed by atoms with E-state index in [2.05, 4.69) is 11.9 Å². The number of thiocarbonyl (C=S) groups is 1. The highest BCUT2D eigenvalue weighted by Crippen LogP contribution is 2.12. The summed E-state index contributed by atoms with van der Waals surface area (Å²) in [4.78, 5) is 6.64. The number of pyridine rings is 1. The molecular weight excluding hydrogens is 222 g/mol. The Bertz CT molecular complexity index is 351. The molecule has 0 saturated carbocycles. The average molecular weight is 239 g/mol. The van der Waals surface area contributed by atoms with Crippen LogP contribution in [0.15, 0.2) is 18.3 Å². The fourth-order valence-electron chi connectivity index (χ4n) is 1.48. The van der Waals surface area contributed by atoms with Gasteiger partial charge in [-0.25, -0.2) is 4.98 Å². The van der Waals surface area contributed by atoms with E-state index >= 15 is 0 Å². The van der Waals surface area contributed by atoms with Gasteiger partial charge in [-0.3, -0.25) is 0 Å². The summed E-state index contributed by atoms with van der Waals surface area (Å²) in [6.07, 6.45) is 2.68. The summed E-state index contributed by atoms with van der Waals surface area (Å²) in [6.45, 7) is 3.62. The van der Waals surface area contributed by atoms with Gasteiger partial charge in [0, 0.05) is 24.8 Å². The van der Waals surface area contributed by atoms with Gasteiger partial charge < -0.3 is 15.7 Å². The number of nitrogens with two attached hydrogens (primary N) is 1. The first kappa shape index (κ1) is 12.9. The normalized spacial score (nSPS) is 10.1. The van der Waals surface area contributed by atoms with Crippen LogP contribution in [0.3, 0.4) is 0 Å². The molecule has 0 radical (unpaired) electrons. The van der Waals surface area contributed by atoms with E-state index in [1.807, 2.05) is 11.0 Å². The Kier molecular flexibility index (Phi) is 5.14. The van der Waals surface area contributed by atoms with E-state index in [0.29, 0.717) is 11.5 Å². The van der Waals surface area contributed by atoms with Crippen LogP contribution in [-0.2, 0) is 0 Å². The van der Waals surface area contributed by atoms with Crippen molar-refractivity contribution < 1.29 is 5.11 Å². The van der Waals surface area contributed by atoms with Crippen molar-refractivity contribution in [3.05, 3.63) is 23.9 Å². The van der Waals surface area contributed by atoms with Gasteiger partial charge in [0.25, 0.3) is 0 Å². The summed E-state index contributed by atoms with van der Waals surface area (Å²) < 4.78 is 0. The Morgan fingerprint density at radius 1 is 1.56 bits per heavy atom. The zero-order valence-corrected chi connectivity index (χ0v) is 10.2. The van der Waals surface area contributed by atoms with Gasteiger partial charge in [-0.05, 0) is 18.6 Å². The minimum absolute atomic E-state index is 0.110. The quantitative estimate of drug-likeness (QED) is 0.723. The van der Waals surface area contributed by atoms with E-state index in [1.54, 1.807) is 12.3 Å². The van der Waals surface area contributed by atoms with E-state index in [-0.39, 0.29) is 6.61 Å². The predicted octanol–water partition coefficient (Wildman–Crippen LogP) is 0.925. The van der Waals surface area contributed by atoms with Crippen LogP contribution in [0.4, 0.5) is 5.82 Å². The summed E-state index contributed by atoms with van der Waals surface area (Å²) in [6, 6.07) is 3.64. The molecule has 0 aliphatic heterocycles. The van der Waals surface area contributed by atoms with E-state index < -0.39 is 0 Å². The van der Waals surface area contributed by atoms with E-state index in [9.17, 15) is 0 Å². The molecular formula is C11H17N3OS. The molecule has 5 heteroatoms. The van der Waals surface area contributed by atoms with Crippen molar-refractivity contribution >= 4 is 23.0 Å². The standard InChI is InChI=1S/C11H17N3OS/c1-2-5-14(6-7-15)10-8-9(11(12)16)3-4-13-10/h3-4,8,15H,2,5-7H2,1H3,(H2,12,16). The maximum absolute atomic E-state index is 8.98. The SMILES string of the molecule is CCCN(CCO)c1cc(C(N)=S)ccn1. The van der Waals surface area contributed by atoms with Crippen molar-refractivity contribution in [1.82, 2.24) is 4.98 Å². The third-order valence-electron chi connectivity index (χ3n) is 2.22. The Balaban J connectivity index is 2.90. The number of rotatable bonds is 6. The highest BCUT2D eigenvalue weighted by atomic mass is 32.1. The fourth-order valence-corrected chi connectivity index (χ4v) is 1.60. The first-order valence-corrected chi connectivity index (χ1v) is 5.71. The van der Waals surface area contributed by atoms with Gasteiger partial charge in [0.2, 0.25) is 0 Å². The topological polar surface area (TPSA) is 62.4 Å². The lowest BCUT2D eigenvalue weighted by Crippen LogP contribution is -2.28. The Morgan fingerprint density at radius 3 is 2.88 bits per heavy atom. The summed E-state index contributed by atoms with van der Waals surface area (Å²) in [5.74, 6) is 0.807. The van der Waals surface area contributed by atoms with Gasteiger partial charge in [-0.1, -0.05) is 19.1 Å². The van der Waals surface area contributed by atoms with E-state index in [0.717, 1.165) is 24.3 Å². The van der Waals surface area contributed by atoms with Gasteiger partial charge >= 0.3 is 0 Å². The lowest BCUT2D eigenvalue weighted by Gasteiger charge is -2.22. The molecule has 0 amide bonds. The third-order valence-corrected chi connectivity index (χ3v) is 2.45. The van der Waals surface area contributed by atoms with Gasteiger partial charge in [-0.15, -0.1) is 0 Å². The van der Waals surface area contributed by atoms with Crippen molar-refractivity contribution in [2.75, 3.05) is 24.6 Å². The first-order chi connectivity index (χ1) is 7.69. The minimum Gasteiger partial charge on any atom is -0.395 e. The molecule has 88 valence electrons. The Hall–Kier alpha value is -1.20. The third kappa shape index (κ3) is 3.43. The molecule has 1 aromatic heterocycles. The molecule has 0 fully saturated rings. The maximum Gasteiger partial charge on any atom is 0.129 e. The molecule has 4 nitrogen and oxygen atoms in total. The predicted molar refractivity (Wildman–Crippen MR) is 69.7 cm³/mol. The van der Waals surface area contributed by atoms with Crippen molar-refractivity contribution in [3.8, 4) is 0 Å². The lowest BCUT2D eigenvalue weighted by atomic mass is 10.2. The molecule has 0 bridgehead atoms. The molecule has 0 aromatic carbocycles. The van der Waals surface area contributed by atoms with Crippen molar-refractivity contribution in [2.45, 2.75) is 13.3 Å². The smallest absolute Gasteiger partial charge is 0.129 e. The van der Waals surface area contributed by atoms with Crippen LogP contribution in [-0.4, -0.2) is 34.8 Å². The number of aliphatic hydroxyl groups is 1. The van der Waals surface area contributed by atoms with Gasteiger partial charge in [0.1, 0.15) is 10.8 Å².